The molecular formula is C25H33F4N5O2S. The van der Waals surface area contributed by atoms with Gasteiger partial charge in [-0.25, -0.2) is 9.37 Å². The van der Waals surface area contributed by atoms with Gasteiger partial charge in [0.05, 0.1) is 6.42 Å². The van der Waals surface area contributed by atoms with Crippen LogP contribution in [0, 0.1) is 6.92 Å². The van der Waals surface area contributed by atoms with Gasteiger partial charge < -0.3 is 15.0 Å². The predicted octanol–water partition coefficient (Wildman–Crippen LogP) is 4.37. The Bertz CT molecular complexity index is 1070. The average Bonchev–Trinajstić information content (AvgIpc) is 3.13. The second-order valence-corrected chi connectivity index (χ2v) is 11.3. The van der Waals surface area contributed by atoms with Crippen LogP contribution >= 0.6 is 11.3 Å². The van der Waals surface area contributed by atoms with E-state index in [0.29, 0.717) is 63.0 Å². The van der Waals surface area contributed by atoms with Crippen LogP contribution in [0.1, 0.15) is 60.3 Å². The molecule has 7 nitrogen and oxygen atoms in total. The zero-order valence-electron chi connectivity index (χ0n) is 21.1. The summed E-state index contributed by atoms with van der Waals surface area (Å²) in [5.74, 6) is -0.131. The van der Waals surface area contributed by atoms with Crippen molar-refractivity contribution in [1.29, 1.82) is 0 Å². The lowest BCUT2D eigenvalue weighted by molar-refractivity contribution is -0.190. The minimum atomic E-state index is -4.45. The molecule has 0 bridgehead atoms. The molecule has 1 aliphatic carbocycles. The molecule has 1 amide bonds. The van der Waals surface area contributed by atoms with Crippen LogP contribution in [0.5, 0.6) is 5.88 Å². The zero-order chi connectivity index (χ0) is 26.6. The highest BCUT2D eigenvalue weighted by Gasteiger charge is 2.38. The third kappa shape index (κ3) is 7.83. The zero-order valence-corrected chi connectivity index (χ0v) is 21.9. The number of aromatic nitrogens is 3. The molecule has 0 radical (unpaired) electrons. The third-order valence-electron chi connectivity index (χ3n) is 7.17. The SMILES string of the molecule is Cc1nnc(CC(=O)NC2CCC(F)(CCN3CCc4ccc(O[C@H](C)C(F)(F)F)nc4CC3)CC2)s1. The lowest BCUT2D eigenvalue weighted by Gasteiger charge is -2.35. The van der Waals surface area contributed by atoms with E-state index < -0.39 is 17.9 Å². The number of fused-ring (bicyclic) bond motifs is 1. The fourth-order valence-corrected chi connectivity index (χ4v) is 5.57. The van der Waals surface area contributed by atoms with Gasteiger partial charge in [-0.05, 0) is 57.9 Å². The summed E-state index contributed by atoms with van der Waals surface area (Å²) in [6.07, 6.45) is -2.46. The maximum atomic E-state index is 15.5. The number of halogens is 4. The molecule has 1 aliphatic heterocycles. The average molecular weight is 544 g/mol. The van der Waals surface area contributed by atoms with Crippen molar-refractivity contribution < 1.29 is 27.1 Å². The Labute approximate surface area is 218 Å². The Morgan fingerprint density at radius 3 is 2.65 bits per heavy atom. The highest BCUT2D eigenvalue weighted by Crippen LogP contribution is 2.35. The number of amides is 1. The topological polar surface area (TPSA) is 80.2 Å². The fraction of sp³-hybridized carbons (Fsp3) is 0.680. The lowest BCUT2D eigenvalue weighted by Crippen LogP contribution is -2.43. The fourth-order valence-electron chi connectivity index (χ4n) is 4.86. The normalized spacial score (nSPS) is 23.7. The summed E-state index contributed by atoms with van der Waals surface area (Å²) in [6, 6.07) is 3.24. The molecule has 2 aliphatic rings. The van der Waals surface area contributed by atoms with Gasteiger partial charge in [-0.3, -0.25) is 4.79 Å². The molecule has 1 fully saturated rings. The van der Waals surface area contributed by atoms with Gasteiger partial charge in [-0.2, -0.15) is 13.2 Å². The second-order valence-electron chi connectivity index (χ2n) is 10.0. The maximum Gasteiger partial charge on any atom is 0.425 e. The molecule has 1 N–H and O–H groups in total. The number of nitrogens with zero attached hydrogens (tertiary/aromatic N) is 4. The van der Waals surface area contributed by atoms with Crippen LogP contribution in [0.3, 0.4) is 0 Å². The number of pyridine rings is 1. The molecule has 4 rings (SSSR count). The van der Waals surface area contributed by atoms with Crippen LogP contribution in [0.4, 0.5) is 17.6 Å². The van der Waals surface area contributed by atoms with Crippen molar-refractivity contribution in [2.45, 2.75) is 89.2 Å². The second kappa shape index (κ2) is 11.6. The Balaban J connectivity index is 1.21. The Hall–Kier alpha value is -2.34. The van der Waals surface area contributed by atoms with Crippen LogP contribution in [-0.2, 0) is 24.1 Å². The first-order valence-electron chi connectivity index (χ1n) is 12.7. The van der Waals surface area contributed by atoms with E-state index in [4.69, 9.17) is 4.74 Å². The molecule has 2 aromatic heterocycles. The summed E-state index contributed by atoms with van der Waals surface area (Å²) in [5, 5.41) is 12.4. The van der Waals surface area contributed by atoms with Crippen LogP contribution < -0.4 is 10.1 Å². The molecule has 1 saturated carbocycles. The van der Waals surface area contributed by atoms with Gasteiger partial charge in [0.25, 0.3) is 0 Å². The molecule has 204 valence electrons. The van der Waals surface area contributed by atoms with Gasteiger partial charge >= 0.3 is 6.18 Å². The van der Waals surface area contributed by atoms with E-state index in [9.17, 15) is 18.0 Å². The largest absolute Gasteiger partial charge is 0.465 e. The summed E-state index contributed by atoms with van der Waals surface area (Å²) in [7, 11) is 0. The van der Waals surface area contributed by atoms with Gasteiger partial charge in [-0.1, -0.05) is 6.07 Å². The Morgan fingerprint density at radius 1 is 1.24 bits per heavy atom. The van der Waals surface area contributed by atoms with Crippen molar-refractivity contribution in [2.75, 3.05) is 19.6 Å². The first kappa shape index (κ1) is 27.7. The number of aryl methyl sites for hydroxylation is 1. The first-order valence-corrected chi connectivity index (χ1v) is 13.5. The minimum absolute atomic E-state index is 0.0259. The van der Waals surface area contributed by atoms with Gasteiger partial charge in [0, 0.05) is 43.9 Å². The van der Waals surface area contributed by atoms with Crippen molar-refractivity contribution in [2.24, 2.45) is 0 Å². The van der Waals surface area contributed by atoms with E-state index in [2.05, 4.69) is 25.4 Å². The van der Waals surface area contributed by atoms with Crippen molar-refractivity contribution in [3.63, 3.8) is 0 Å². The monoisotopic (exact) mass is 543 g/mol. The van der Waals surface area contributed by atoms with Crippen molar-refractivity contribution >= 4 is 17.2 Å². The number of carbonyl (C=O) groups excluding carboxylic acids is 1. The summed E-state index contributed by atoms with van der Waals surface area (Å²) in [4.78, 5) is 18.8. The number of carbonyl (C=O) groups is 1. The number of alkyl halides is 4. The number of hydrogen-bond acceptors (Lipinski definition) is 7. The van der Waals surface area contributed by atoms with Gasteiger partial charge in [0.15, 0.2) is 6.10 Å². The van der Waals surface area contributed by atoms with Gasteiger partial charge in [0.2, 0.25) is 11.8 Å². The van der Waals surface area contributed by atoms with Crippen molar-refractivity contribution in [3.05, 3.63) is 33.4 Å². The maximum absolute atomic E-state index is 15.5. The Kier molecular flexibility index (Phi) is 8.67. The quantitative estimate of drug-likeness (QED) is 0.498. The van der Waals surface area contributed by atoms with Crippen LogP contribution in [0.15, 0.2) is 12.1 Å². The number of ether oxygens (including phenoxy) is 1. The van der Waals surface area contributed by atoms with E-state index in [1.54, 1.807) is 6.07 Å². The van der Waals surface area contributed by atoms with Crippen molar-refractivity contribution in [3.8, 4) is 5.88 Å². The summed E-state index contributed by atoms with van der Waals surface area (Å²) in [6.45, 7) is 4.82. The molecule has 0 aromatic carbocycles. The molecule has 2 aromatic rings. The van der Waals surface area contributed by atoms with E-state index in [1.807, 2.05) is 6.92 Å². The summed E-state index contributed by atoms with van der Waals surface area (Å²) in [5.41, 5.74) is 0.470. The van der Waals surface area contributed by atoms with E-state index in [-0.39, 0.29) is 24.2 Å². The predicted molar refractivity (Wildman–Crippen MR) is 131 cm³/mol. The standard InChI is InChI=1S/C25H33F4N5O2S/c1-16(25(27,28)29)36-22-4-3-18-7-12-34(13-8-20(18)31-22)14-11-24(26)9-5-19(6-10-24)30-21(35)15-23-33-32-17(2)37-23/h3-4,16,19H,5-15H2,1-2H3,(H,30,35)/t16-,19?,24?/m1/s1. The first-order chi connectivity index (χ1) is 17.5. The minimum Gasteiger partial charge on any atom is -0.465 e. The molecule has 0 unspecified atom stereocenters. The van der Waals surface area contributed by atoms with Gasteiger partial charge in [-0.15, -0.1) is 21.5 Å². The summed E-state index contributed by atoms with van der Waals surface area (Å²) < 4.78 is 58.9. The molecule has 0 spiro atoms. The molecule has 3 heterocycles. The third-order valence-corrected chi connectivity index (χ3v) is 8.00. The summed E-state index contributed by atoms with van der Waals surface area (Å²) >= 11 is 1.40. The van der Waals surface area contributed by atoms with Gasteiger partial charge in [0.1, 0.15) is 15.7 Å². The molecule has 1 atom stereocenters. The van der Waals surface area contributed by atoms with Crippen LogP contribution in [0.25, 0.3) is 0 Å². The van der Waals surface area contributed by atoms with Crippen molar-refractivity contribution in [1.82, 2.24) is 25.4 Å². The molecular weight excluding hydrogens is 510 g/mol. The van der Waals surface area contributed by atoms with Crippen LogP contribution in [0.2, 0.25) is 0 Å². The highest BCUT2D eigenvalue weighted by molar-refractivity contribution is 7.11. The lowest BCUT2D eigenvalue weighted by atomic mass is 9.81. The molecule has 37 heavy (non-hydrogen) atoms. The molecule has 0 saturated heterocycles. The van der Waals surface area contributed by atoms with E-state index in [1.165, 1.54) is 17.4 Å². The molecule has 12 heteroatoms. The highest BCUT2D eigenvalue weighted by atomic mass is 32.1. The Morgan fingerprint density at radius 2 is 1.97 bits per heavy atom. The number of rotatable bonds is 8. The number of nitrogens with one attached hydrogen (secondary N) is 1. The number of hydrogen-bond donors (Lipinski definition) is 1. The van der Waals surface area contributed by atoms with E-state index >= 15 is 4.39 Å². The smallest absolute Gasteiger partial charge is 0.425 e. The van der Waals surface area contributed by atoms with E-state index in [0.717, 1.165) is 29.7 Å². The van der Waals surface area contributed by atoms with Crippen LogP contribution in [-0.4, -0.2) is 69.6 Å².